The fourth-order valence-corrected chi connectivity index (χ4v) is 3.61. The van der Waals surface area contributed by atoms with Crippen molar-refractivity contribution in [3.8, 4) is 0 Å². The number of carbonyl (C=O) groups is 2. The van der Waals surface area contributed by atoms with E-state index < -0.39 is 5.97 Å². The molecule has 7 nitrogen and oxygen atoms in total. The molecule has 0 fully saturated rings. The summed E-state index contributed by atoms with van der Waals surface area (Å²) >= 11 is 0. The Morgan fingerprint density at radius 2 is 1.73 bits per heavy atom. The number of benzene rings is 2. The van der Waals surface area contributed by atoms with Crippen molar-refractivity contribution in [2.45, 2.75) is 27.7 Å². The van der Waals surface area contributed by atoms with Crippen LogP contribution in [0.3, 0.4) is 0 Å². The Kier molecular flexibility index (Phi) is 6.30. The van der Waals surface area contributed by atoms with Crippen molar-refractivity contribution < 1.29 is 14.3 Å². The van der Waals surface area contributed by atoms with Gasteiger partial charge in [-0.15, -0.1) is 10.2 Å². The number of hydrogen-bond donors (Lipinski definition) is 1. The summed E-state index contributed by atoms with van der Waals surface area (Å²) in [5.74, 6) is -0.758. The van der Waals surface area contributed by atoms with Crippen LogP contribution in [0.25, 0.3) is 10.9 Å². The minimum atomic E-state index is -0.566. The van der Waals surface area contributed by atoms with Gasteiger partial charge in [0, 0.05) is 18.1 Å². The lowest BCUT2D eigenvalue weighted by molar-refractivity contribution is -0.114. The third kappa shape index (κ3) is 4.40. The lowest BCUT2D eigenvalue weighted by Gasteiger charge is -2.22. The van der Waals surface area contributed by atoms with Crippen molar-refractivity contribution in [2.75, 3.05) is 30.4 Å². The first kappa shape index (κ1) is 21.2. The molecule has 0 unspecified atom stereocenters. The molecule has 0 atom stereocenters. The maximum atomic E-state index is 12.8. The van der Waals surface area contributed by atoms with E-state index in [-0.39, 0.29) is 24.8 Å². The smallest absolute Gasteiger partial charge is 0.361 e. The van der Waals surface area contributed by atoms with Gasteiger partial charge >= 0.3 is 5.97 Å². The number of carbonyl (C=O) groups excluding carboxylic acids is 2. The Balaban J connectivity index is 1.92. The number of hydrogen-bond acceptors (Lipinski definition) is 6. The normalized spacial score (nSPS) is 10.7. The van der Waals surface area contributed by atoms with Gasteiger partial charge in [-0.25, -0.2) is 4.79 Å². The molecule has 1 N–H and O–H groups in total. The highest BCUT2D eigenvalue weighted by molar-refractivity contribution is 6.05. The molecule has 0 bridgehead atoms. The highest BCUT2D eigenvalue weighted by Gasteiger charge is 2.23. The fraction of sp³-hybridized carbons (Fsp3) is 0.304. The molecule has 0 aliphatic carbocycles. The first-order chi connectivity index (χ1) is 14.3. The molecule has 0 aliphatic rings. The fourth-order valence-electron chi connectivity index (χ4n) is 3.61. The Morgan fingerprint density at radius 1 is 1.07 bits per heavy atom. The van der Waals surface area contributed by atoms with Crippen molar-refractivity contribution >= 4 is 34.2 Å². The second kappa shape index (κ2) is 8.90. The van der Waals surface area contributed by atoms with Gasteiger partial charge in [0.05, 0.1) is 24.4 Å². The van der Waals surface area contributed by atoms with E-state index in [1.165, 1.54) is 0 Å². The van der Waals surface area contributed by atoms with Gasteiger partial charge in [-0.2, -0.15) is 0 Å². The SMILES string of the molecule is CCOC(=O)c1nnc2ccccc2c1N(C)CC(=O)Nc1c(C)cc(C)cc1C. The third-order valence-electron chi connectivity index (χ3n) is 4.81. The lowest BCUT2D eigenvalue weighted by Crippen LogP contribution is -2.32. The van der Waals surface area contributed by atoms with E-state index >= 15 is 0 Å². The van der Waals surface area contributed by atoms with Gasteiger partial charge in [0.15, 0.2) is 5.69 Å². The van der Waals surface area contributed by atoms with E-state index in [1.54, 1.807) is 18.9 Å². The Bertz CT molecular complexity index is 1090. The molecule has 1 amide bonds. The maximum absolute atomic E-state index is 12.8. The second-order valence-corrected chi connectivity index (χ2v) is 7.31. The summed E-state index contributed by atoms with van der Waals surface area (Å²) in [4.78, 5) is 27.0. The number of aromatic nitrogens is 2. The van der Waals surface area contributed by atoms with Gasteiger partial charge in [-0.3, -0.25) is 4.79 Å². The highest BCUT2D eigenvalue weighted by Crippen LogP contribution is 2.28. The van der Waals surface area contributed by atoms with Crippen LogP contribution < -0.4 is 10.2 Å². The van der Waals surface area contributed by atoms with Gasteiger partial charge in [0.1, 0.15) is 0 Å². The van der Waals surface area contributed by atoms with E-state index in [0.717, 1.165) is 27.8 Å². The van der Waals surface area contributed by atoms with Crippen LogP contribution in [-0.4, -0.2) is 42.3 Å². The van der Waals surface area contributed by atoms with Crippen LogP contribution in [-0.2, 0) is 9.53 Å². The van der Waals surface area contributed by atoms with Crippen LogP contribution in [0.1, 0.15) is 34.1 Å². The average Bonchev–Trinajstić information content (AvgIpc) is 2.69. The molecular formula is C23H26N4O3. The van der Waals surface area contributed by atoms with Crippen molar-refractivity contribution in [2.24, 2.45) is 0 Å². The first-order valence-electron chi connectivity index (χ1n) is 9.83. The predicted molar refractivity (Wildman–Crippen MR) is 118 cm³/mol. The Hall–Kier alpha value is -3.48. The van der Waals surface area contributed by atoms with E-state index in [1.807, 2.05) is 57.2 Å². The molecule has 0 spiro atoms. The first-order valence-corrected chi connectivity index (χ1v) is 9.83. The van der Waals surface area contributed by atoms with Crippen molar-refractivity contribution in [1.82, 2.24) is 10.2 Å². The topological polar surface area (TPSA) is 84.4 Å². The zero-order valence-electron chi connectivity index (χ0n) is 17.9. The monoisotopic (exact) mass is 406 g/mol. The number of likely N-dealkylation sites (N-methyl/N-ethyl adjacent to an activating group) is 1. The Morgan fingerprint density at radius 3 is 2.40 bits per heavy atom. The molecule has 3 aromatic rings. The standard InChI is InChI=1S/C23H26N4O3/c1-6-30-23(29)21-22(17-9-7-8-10-18(17)25-26-21)27(5)13-19(28)24-20-15(3)11-14(2)12-16(20)4/h7-12H,6,13H2,1-5H3,(H,24,28). The van der Waals surface area contributed by atoms with E-state index in [9.17, 15) is 9.59 Å². The molecular weight excluding hydrogens is 380 g/mol. The Labute approximate surface area is 176 Å². The molecule has 0 aliphatic heterocycles. The van der Waals surface area contributed by atoms with Gasteiger partial charge in [0.2, 0.25) is 5.91 Å². The summed E-state index contributed by atoms with van der Waals surface area (Å²) in [6, 6.07) is 11.4. The number of anilines is 2. The van der Waals surface area contributed by atoms with Crippen molar-refractivity contribution in [3.05, 3.63) is 58.8 Å². The number of aryl methyl sites for hydroxylation is 3. The lowest BCUT2D eigenvalue weighted by atomic mass is 10.1. The number of fused-ring (bicyclic) bond motifs is 1. The number of amides is 1. The molecule has 1 aromatic heterocycles. The van der Waals surface area contributed by atoms with Gasteiger partial charge in [-0.05, 0) is 44.9 Å². The van der Waals surface area contributed by atoms with Crippen LogP contribution in [0, 0.1) is 20.8 Å². The maximum Gasteiger partial charge on any atom is 0.361 e. The van der Waals surface area contributed by atoms with Crippen LogP contribution in [0.2, 0.25) is 0 Å². The molecule has 2 aromatic carbocycles. The molecule has 0 saturated heterocycles. The quantitative estimate of drug-likeness (QED) is 0.627. The number of rotatable bonds is 6. The van der Waals surface area contributed by atoms with Crippen LogP contribution in [0.4, 0.5) is 11.4 Å². The molecule has 0 saturated carbocycles. The van der Waals surface area contributed by atoms with Crippen molar-refractivity contribution in [1.29, 1.82) is 0 Å². The average molecular weight is 406 g/mol. The predicted octanol–water partition coefficient (Wildman–Crippen LogP) is 3.81. The van der Waals surface area contributed by atoms with Crippen LogP contribution >= 0.6 is 0 Å². The highest BCUT2D eigenvalue weighted by atomic mass is 16.5. The number of nitrogens with one attached hydrogen (secondary N) is 1. The molecule has 1 heterocycles. The molecule has 7 heteroatoms. The molecule has 0 radical (unpaired) electrons. The van der Waals surface area contributed by atoms with Gasteiger partial charge < -0.3 is 15.0 Å². The minimum absolute atomic E-state index is 0.0366. The van der Waals surface area contributed by atoms with E-state index in [2.05, 4.69) is 15.5 Å². The summed E-state index contributed by atoms with van der Waals surface area (Å²) < 4.78 is 5.14. The van der Waals surface area contributed by atoms with E-state index in [4.69, 9.17) is 4.74 Å². The zero-order valence-corrected chi connectivity index (χ0v) is 17.9. The van der Waals surface area contributed by atoms with Gasteiger partial charge in [0.25, 0.3) is 0 Å². The number of esters is 1. The molecule has 3 rings (SSSR count). The summed E-state index contributed by atoms with van der Waals surface area (Å²) in [6.45, 7) is 7.96. The van der Waals surface area contributed by atoms with Gasteiger partial charge in [-0.1, -0.05) is 35.9 Å². The summed E-state index contributed by atoms with van der Waals surface area (Å²) in [7, 11) is 1.75. The van der Waals surface area contributed by atoms with Crippen LogP contribution in [0.15, 0.2) is 36.4 Å². The molecule has 30 heavy (non-hydrogen) atoms. The third-order valence-corrected chi connectivity index (χ3v) is 4.81. The molecule has 156 valence electrons. The summed E-state index contributed by atoms with van der Waals surface area (Å²) in [5.41, 5.74) is 5.22. The minimum Gasteiger partial charge on any atom is -0.461 e. The van der Waals surface area contributed by atoms with Crippen molar-refractivity contribution in [3.63, 3.8) is 0 Å². The number of nitrogens with zero attached hydrogens (tertiary/aromatic N) is 3. The number of ether oxygens (including phenoxy) is 1. The van der Waals surface area contributed by atoms with Crippen LogP contribution in [0.5, 0.6) is 0 Å². The summed E-state index contributed by atoms with van der Waals surface area (Å²) in [5, 5.41) is 11.9. The second-order valence-electron chi connectivity index (χ2n) is 7.31. The van der Waals surface area contributed by atoms with E-state index in [0.29, 0.717) is 11.2 Å². The summed E-state index contributed by atoms with van der Waals surface area (Å²) in [6.07, 6.45) is 0. The zero-order chi connectivity index (χ0) is 21.8. The largest absolute Gasteiger partial charge is 0.461 e.